The molecule has 0 aliphatic carbocycles. The summed E-state index contributed by atoms with van der Waals surface area (Å²) in [5.74, 6) is 0.0896. The second kappa shape index (κ2) is 6.33. The van der Waals surface area contributed by atoms with Crippen LogP contribution in [0.3, 0.4) is 0 Å². The average Bonchev–Trinajstić information content (AvgIpc) is 2.42. The van der Waals surface area contributed by atoms with Crippen molar-refractivity contribution in [1.29, 1.82) is 0 Å². The maximum atomic E-state index is 11.5. The molecular weight excluding hydrogens is 242 g/mol. The molecule has 1 aliphatic heterocycles. The lowest BCUT2D eigenvalue weighted by Gasteiger charge is -2.17. The number of nitrogens with two attached hydrogens (primary N) is 1. The van der Waals surface area contributed by atoms with Crippen LogP contribution in [0.1, 0.15) is 30.4 Å². The Hall–Kier alpha value is -1.88. The van der Waals surface area contributed by atoms with Crippen LogP contribution in [0.5, 0.6) is 0 Å². The van der Waals surface area contributed by atoms with E-state index in [-0.39, 0.29) is 11.8 Å². The van der Waals surface area contributed by atoms with Crippen LogP contribution in [0.2, 0.25) is 0 Å². The minimum atomic E-state index is 0.0245. The maximum absolute atomic E-state index is 11.5. The Morgan fingerprint density at radius 2 is 2.21 bits per heavy atom. The molecule has 2 rings (SSSR count). The summed E-state index contributed by atoms with van der Waals surface area (Å²) in [6, 6.07) is 5.86. The van der Waals surface area contributed by atoms with Crippen LogP contribution in [0.25, 0.3) is 0 Å². The average molecular weight is 261 g/mol. The van der Waals surface area contributed by atoms with E-state index >= 15 is 0 Å². The van der Waals surface area contributed by atoms with Crippen molar-refractivity contribution in [2.24, 2.45) is 5.73 Å². The molecule has 102 valence electrons. The summed E-state index contributed by atoms with van der Waals surface area (Å²) < 4.78 is 0. The third kappa shape index (κ3) is 3.79. The molecule has 1 aromatic carbocycles. The molecule has 0 atom stereocenters. The van der Waals surface area contributed by atoms with Crippen molar-refractivity contribution in [3.8, 4) is 0 Å². The Balaban J connectivity index is 1.91. The Bertz CT molecular complexity index is 486. The van der Waals surface area contributed by atoms with Crippen LogP contribution in [0, 0.1) is 0 Å². The number of carbonyl (C=O) groups is 2. The molecule has 5 heteroatoms. The van der Waals surface area contributed by atoms with E-state index in [4.69, 9.17) is 5.73 Å². The first-order valence-electron chi connectivity index (χ1n) is 6.57. The molecule has 0 aromatic heterocycles. The molecule has 0 saturated heterocycles. The van der Waals surface area contributed by atoms with E-state index in [1.807, 2.05) is 18.2 Å². The van der Waals surface area contributed by atoms with Crippen LogP contribution in [0.4, 0.5) is 5.69 Å². The first-order valence-corrected chi connectivity index (χ1v) is 6.57. The second-order valence-corrected chi connectivity index (χ2v) is 4.71. The Morgan fingerprint density at radius 3 is 3.00 bits per heavy atom. The van der Waals surface area contributed by atoms with Gasteiger partial charge < -0.3 is 16.4 Å². The fraction of sp³-hybridized carbons (Fsp3) is 0.429. The van der Waals surface area contributed by atoms with E-state index in [0.29, 0.717) is 32.4 Å². The fourth-order valence-corrected chi connectivity index (χ4v) is 2.10. The van der Waals surface area contributed by atoms with Crippen molar-refractivity contribution in [2.75, 3.05) is 11.9 Å². The summed E-state index contributed by atoms with van der Waals surface area (Å²) in [6.45, 7) is 1.05. The lowest BCUT2D eigenvalue weighted by atomic mass is 10.0. The van der Waals surface area contributed by atoms with Gasteiger partial charge in [-0.15, -0.1) is 0 Å². The summed E-state index contributed by atoms with van der Waals surface area (Å²) >= 11 is 0. The molecular formula is C14H19N3O2. The summed E-state index contributed by atoms with van der Waals surface area (Å²) in [5, 5.41) is 5.71. The van der Waals surface area contributed by atoms with E-state index in [1.165, 1.54) is 0 Å². The van der Waals surface area contributed by atoms with E-state index in [0.717, 1.165) is 23.2 Å². The number of nitrogens with one attached hydrogen (secondary N) is 2. The second-order valence-electron chi connectivity index (χ2n) is 4.71. The van der Waals surface area contributed by atoms with Crippen molar-refractivity contribution >= 4 is 17.5 Å². The molecule has 0 fully saturated rings. The van der Waals surface area contributed by atoms with Crippen molar-refractivity contribution < 1.29 is 9.59 Å². The normalized spacial score (nSPS) is 13.6. The van der Waals surface area contributed by atoms with Crippen LogP contribution in [-0.2, 0) is 22.6 Å². The first kappa shape index (κ1) is 13.5. The molecule has 4 N–H and O–H groups in total. The quantitative estimate of drug-likeness (QED) is 0.737. The van der Waals surface area contributed by atoms with E-state index in [1.54, 1.807) is 0 Å². The smallest absolute Gasteiger partial charge is 0.224 e. The molecule has 1 aromatic rings. The monoisotopic (exact) mass is 261 g/mol. The Morgan fingerprint density at radius 1 is 1.37 bits per heavy atom. The van der Waals surface area contributed by atoms with Gasteiger partial charge in [-0.25, -0.2) is 0 Å². The zero-order valence-electron chi connectivity index (χ0n) is 10.9. The molecule has 19 heavy (non-hydrogen) atoms. The van der Waals surface area contributed by atoms with E-state index < -0.39 is 0 Å². The SMILES string of the molecule is NCCCC(=O)NCc1ccc2c(c1)CCC(=O)N2. The van der Waals surface area contributed by atoms with Gasteiger partial charge in [0.05, 0.1) is 0 Å². The number of amides is 2. The maximum Gasteiger partial charge on any atom is 0.224 e. The number of hydrogen-bond donors (Lipinski definition) is 3. The molecule has 0 saturated carbocycles. The Kier molecular flexibility index (Phi) is 4.52. The highest BCUT2D eigenvalue weighted by Crippen LogP contribution is 2.23. The van der Waals surface area contributed by atoms with Gasteiger partial charge in [0.1, 0.15) is 0 Å². The number of fused-ring (bicyclic) bond motifs is 1. The molecule has 0 unspecified atom stereocenters. The lowest BCUT2D eigenvalue weighted by molar-refractivity contribution is -0.121. The van der Waals surface area contributed by atoms with Crippen molar-refractivity contribution in [3.63, 3.8) is 0 Å². The van der Waals surface area contributed by atoms with Gasteiger partial charge in [-0.05, 0) is 36.6 Å². The largest absolute Gasteiger partial charge is 0.352 e. The van der Waals surface area contributed by atoms with Gasteiger partial charge in [0.2, 0.25) is 11.8 Å². The Labute approximate surface area is 112 Å². The van der Waals surface area contributed by atoms with Crippen molar-refractivity contribution in [1.82, 2.24) is 5.32 Å². The van der Waals surface area contributed by atoms with Crippen molar-refractivity contribution in [2.45, 2.75) is 32.2 Å². The molecule has 5 nitrogen and oxygen atoms in total. The van der Waals surface area contributed by atoms with Gasteiger partial charge in [-0.3, -0.25) is 9.59 Å². The topological polar surface area (TPSA) is 84.2 Å². The zero-order valence-corrected chi connectivity index (χ0v) is 10.9. The predicted octanol–water partition coefficient (Wildman–Crippen LogP) is 0.926. The van der Waals surface area contributed by atoms with Crippen molar-refractivity contribution in [3.05, 3.63) is 29.3 Å². The summed E-state index contributed by atoms with van der Waals surface area (Å²) in [4.78, 5) is 22.7. The molecule has 0 bridgehead atoms. The number of hydrogen-bond acceptors (Lipinski definition) is 3. The van der Waals surface area contributed by atoms with Crippen LogP contribution in [0.15, 0.2) is 18.2 Å². The minimum Gasteiger partial charge on any atom is -0.352 e. The molecule has 0 radical (unpaired) electrons. The lowest BCUT2D eigenvalue weighted by Crippen LogP contribution is -2.24. The third-order valence-corrected chi connectivity index (χ3v) is 3.16. The molecule has 0 spiro atoms. The summed E-state index contributed by atoms with van der Waals surface area (Å²) in [5.41, 5.74) is 8.43. The minimum absolute atomic E-state index is 0.0245. The van der Waals surface area contributed by atoms with E-state index in [9.17, 15) is 9.59 Å². The van der Waals surface area contributed by atoms with Gasteiger partial charge in [-0.2, -0.15) is 0 Å². The number of anilines is 1. The highest BCUT2D eigenvalue weighted by Gasteiger charge is 2.14. The fourth-order valence-electron chi connectivity index (χ4n) is 2.10. The standard InChI is InChI=1S/C14H19N3O2/c15-7-1-2-13(18)16-9-10-3-5-12-11(8-10)4-6-14(19)17-12/h3,5,8H,1-2,4,6-7,9,15H2,(H,16,18)(H,17,19). The van der Waals surface area contributed by atoms with Gasteiger partial charge in [0.15, 0.2) is 0 Å². The highest BCUT2D eigenvalue weighted by molar-refractivity contribution is 5.93. The summed E-state index contributed by atoms with van der Waals surface area (Å²) in [6.07, 6.45) is 2.47. The number of benzene rings is 1. The van der Waals surface area contributed by atoms with Gasteiger partial charge in [-0.1, -0.05) is 12.1 Å². The predicted molar refractivity (Wildman–Crippen MR) is 73.5 cm³/mol. The number of rotatable bonds is 5. The van der Waals surface area contributed by atoms with Gasteiger partial charge in [0, 0.05) is 25.1 Å². The summed E-state index contributed by atoms with van der Waals surface area (Å²) in [7, 11) is 0. The zero-order chi connectivity index (χ0) is 13.7. The molecule has 2 amide bonds. The highest BCUT2D eigenvalue weighted by atomic mass is 16.2. The first-order chi connectivity index (χ1) is 9.19. The van der Waals surface area contributed by atoms with E-state index in [2.05, 4.69) is 10.6 Å². The van der Waals surface area contributed by atoms with Crippen LogP contribution >= 0.6 is 0 Å². The van der Waals surface area contributed by atoms with Crippen LogP contribution < -0.4 is 16.4 Å². The van der Waals surface area contributed by atoms with Crippen LogP contribution in [-0.4, -0.2) is 18.4 Å². The number of carbonyl (C=O) groups excluding carboxylic acids is 2. The third-order valence-electron chi connectivity index (χ3n) is 3.16. The van der Waals surface area contributed by atoms with Gasteiger partial charge in [0.25, 0.3) is 0 Å². The van der Waals surface area contributed by atoms with Gasteiger partial charge >= 0.3 is 0 Å². The molecule has 1 aliphatic rings. The molecule has 1 heterocycles. The number of aryl methyl sites for hydroxylation is 1.